The van der Waals surface area contributed by atoms with Crippen LogP contribution in [0.2, 0.25) is 0 Å². The highest BCUT2D eigenvalue weighted by atomic mass is 79.9. The SMILES string of the molecule is CC(NC(CNC(=O)CNC(O)c1cc(O)cc(NC2=NCC(O)CN2)c1)C(=O)O)c1[nH]c2ccccc2c1Br. The number of aliphatic hydroxyl groups is 2. The number of H-pyrrole nitrogens is 1. The van der Waals surface area contributed by atoms with E-state index >= 15 is 0 Å². The number of rotatable bonds is 11. The zero-order valence-electron chi connectivity index (χ0n) is 21.6. The van der Waals surface area contributed by atoms with Gasteiger partial charge in [-0.15, -0.1) is 0 Å². The molecule has 4 atom stereocenters. The monoisotopic (exact) mass is 617 g/mol. The van der Waals surface area contributed by atoms with Gasteiger partial charge in [-0.25, -0.2) is 0 Å². The number of nitrogens with one attached hydrogen (secondary N) is 6. The number of aromatic amines is 1. The van der Waals surface area contributed by atoms with Gasteiger partial charge >= 0.3 is 5.97 Å². The summed E-state index contributed by atoms with van der Waals surface area (Å²) < 4.78 is 0.835. The number of aliphatic carboxylic acids is 1. The number of carboxylic acids is 1. The number of hydrogen-bond donors (Lipinski definition) is 10. The summed E-state index contributed by atoms with van der Waals surface area (Å²) in [5, 5.41) is 54.9. The standard InChI is InChI=1S/C26H32BrN7O6/c1-13(23-22(27)18-4-2-3-5-19(18)34-23)32-20(25(39)40)11-28-21(37)12-29-24(38)14-6-15(8-16(35)7-14)33-26-30-9-17(36)10-31-26/h2-8,13,17,20,24,29,32,34-36,38H,9-12H2,1H3,(H,28,37)(H,39,40)(H2,30,31,33). The first-order valence-electron chi connectivity index (χ1n) is 12.6. The lowest BCUT2D eigenvalue weighted by Crippen LogP contribution is -2.48. The molecule has 3 aromatic rings. The van der Waals surface area contributed by atoms with E-state index in [0.717, 1.165) is 21.1 Å². The summed E-state index contributed by atoms with van der Waals surface area (Å²) in [5.41, 5.74) is 2.42. The molecule has 0 fully saturated rings. The van der Waals surface area contributed by atoms with Crippen LogP contribution in [-0.2, 0) is 9.59 Å². The summed E-state index contributed by atoms with van der Waals surface area (Å²) in [6.45, 7) is 1.90. The second-order valence-electron chi connectivity index (χ2n) is 9.43. The summed E-state index contributed by atoms with van der Waals surface area (Å²) in [7, 11) is 0. The molecule has 10 N–H and O–H groups in total. The largest absolute Gasteiger partial charge is 0.508 e. The van der Waals surface area contributed by atoms with Gasteiger partial charge in [0.15, 0.2) is 5.96 Å². The molecular formula is C26H32BrN7O6. The fourth-order valence-electron chi connectivity index (χ4n) is 4.23. The molecule has 0 radical (unpaired) electrons. The van der Waals surface area contributed by atoms with Crippen LogP contribution >= 0.6 is 15.9 Å². The van der Waals surface area contributed by atoms with Crippen LogP contribution in [0.15, 0.2) is 51.9 Å². The number of aliphatic hydroxyl groups excluding tert-OH is 2. The topological polar surface area (TPSA) is 203 Å². The van der Waals surface area contributed by atoms with E-state index in [-0.39, 0.29) is 37.0 Å². The number of carbonyl (C=O) groups is 2. The van der Waals surface area contributed by atoms with Crippen molar-refractivity contribution in [1.82, 2.24) is 26.3 Å². The van der Waals surface area contributed by atoms with Crippen molar-refractivity contribution in [3.8, 4) is 5.75 Å². The number of hydrogen-bond acceptors (Lipinski definition) is 10. The third-order valence-corrected chi connectivity index (χ3v) is 7.15. The van der Waals surface area contributed by atoms with Gasteiger partial charge < -0.3 is 41.4 Å². The Bertz CT molecular complexity index is 1400. The van der Waals surface area contributed by atoms with Crippen molar-refractivity contribution in [3.05, 3.63) is 58.2 Å². The number of halogens is 1. The number of guanidine groups is 1. The summed E-state index contributed by atoms with van der Waals surface area (Å²) in [6.07, 6.45) is -1.87. The number of carboxylic acid groups (broad SMARTS) is 1. The van der Waals surface area contributed by atoms with Gasteiger partial charge in [0.1, 0.15) is 18.0 Å². The molecule has 4 rings (SSSR count). The Labute approximate surface area is 238 Å². The normalized spacial score (nSPS) is 17.4. The number of para-hydroxylation sites is 1. The fraction of sp³-hybridized carbons (Fsp3) is 0.346. The van der Waals surface area contributed by atoms with Crippen LogP contribution in [0.4, 0.5) is 5.69 Å². The molecule has 14 heteroatoms. The Balaban J connectivity index is 1.29. The lowest BCUT2D eigenvalue weighted by atomic mass is 10.1. The molecule has 0 aliphatic carbocycles. The van der Waals surface area contributed by atoms with Crippen LogP contribution in [0, 0.1) is 0 Å². The summed E-state index contributed by atoms with van der Waals surface area (Å²) in [4.78, 5) is 31.7. The van der Waals surface area contributed by atoms with Crippen molar-refractivity contribution in [1.29, 1.82) is 0 Å². The molecule has 1 amide bonds. The summed E-state index contributed by atoms with van der Waals surface area (Å²) >= 11 is 3.57. The lowest BCUT2D eigenvalue weighted by Gasteiger charge is -2.21. The van der Waals surface area contributed by atoms with Crippen molar-refractivity contribution in [2.45, 2.75) is 31.3 Å². The minimum atomic E-state index is -1.30. The zero-order valence-corrected chi connectivity index (χ0v) is 23.2. The van der Waals surface area contributed by atoms with Gasteiger partial charge in [-0.05, 0) is 41.1 Å². The second kappa shape index (κ2) is 13.1. The van der Waals surface area contributed by atoms with Crippen LogP contribution in [0.1, 0.15) is 30.5 Å². The Hall–Kier alpha value is -3.69. The van der Waals surface area contributed by atoms with Crippen molar-refractivity contribution < 1.29 is 30.0 Å². The maximum absolute atomic E-state index is 12.4. The quantitative estimate of drug-likeness (QED) is 0.137. The van der Waals surface area contributed by atoms with E-state index in [4.69, 9.17) is 0 Å². The zero-order chi connectivity index (χ0) is 28.8. The molecule has 0 saturated carbocycles. The fourth-order valence-corrected chi connectivity index (χ4v) is 5.02. The second-order valence-corrected chi connectivity index (χ2v) is 10.2. The van der Waals surface area contributed by atoms with Gasteiger partial charge in [0, 0.05) is 57.5 Å². The molecule has 2 heterocycles. The van der Waals surface area contributed by atoms with Crippen LogP contribution in [-0.4, -0.2) is 81.6 Å². The van der Waals surface area contributed by atoms with E-state index in [9.17, 15) is 30.0 Å². The van der Waals surface area contributed by atoms with Crippen molar-refractivity contribution in [2.75, 3.05) is 31.5 Å². The molecule has 1 aliphatic rings. The lowest BCUT2D eigenvalue weighted by molar-refractivity contribution is -0.139. The Morgan fingerprint density at radius 1 is 1.23 bits per heavy atom. The Kier molecular flexibility index (Phi) is 9.60. The molecule has 40 heavy (non-hydrogen) atoms. The summed E-state index contributed by atoms with van der Waals surface area (Å²) in [6, 6.07) is 10.6. The van der Waals surface area contributed by atoms with Gasteiger partial charge in [0.05, 0.1) is 19.2 Å². The molecular weight excluding hydrogens is 586 g/mol. The van der Waals surface area contributed by atoms with Gasteiger partial charge in [-0.3, -0.25) is 25.2 Å². The number of β-amino-alcohol motifs (C(OH)–C–C–N with tert-alkyl or cyclic N) is 1. The summed E-state index contributed by atoms with van der Waals surface area (Å²) in [5.74, 6) is -1.35. The Morgan fingerprint density at radius 2 is 2.00 bits per heavy atom. The number of anilines is 1. The van der Waals surface area contributed by atoms with Gasteiger partial charge in [0.25, 0.3) is 0 Å². The number of amides is 1. The van der Waals surface area contributed by atoms with E-state index in [1.54, 1.807) is 6.07 Å². The van der Waals surface area contributed by atoms with Crippen molar-refractivity contribution >= 4 is 50.4 Å². The molecule has 0 bridgehead atoms. The highest BCUT2D eigenvalue weighted by molar-refractivity contribution is 9.10. The minimum Gasteiger partial charge on any atom is -0.508 e. The number of nitrogens with zero attached hydrogens (tertiary/aromatic N) is 1. The average Bonchev–Trinajstić information content (AvgIpc) is 3.27. The molecule has 0 saturated heterocycles. The molecule has 0 spiro atoms. The molecule has 4 unspecified atom stereocenters. The first kappa shape index (κ1) is 29.3. The number of aromatic hydroxyl groups is 1. The molecule has 214 valence electrons. The average molecular weight is 618 g/mol. The first-order valence-corrected chi connectivity index (χ1v) is 13.4. The van der Waals surface area contributed by atoms with Gasteiger partial charge in [0.2, 0.25) is 5.91 Å². The Morgan fingerprint density at radius 3 is 2.70 bits per heavy atom. The van der Waals surface area contributed by atoms with Crippen LogP contribution in [0.5, 0.6) is 5.75 Å². The smallest absolute Gasteiger partial charge is 0.322 e. The third kappa shape index (κ3) is 7.49. The van der Waals surface area contributed by atoms with Crippen LogP contribution < -0.4 is 26.6 Å². The molecule has 2 aromatic carbocycles. The maximum atomic E-state index is 12.4. The van der Waals surface area contributed by atoms with Crippen molar-refractivity contribution in [2.24, 2.45) is 4.99 Å². The highest BCUT2D eigenvalue weighted by Gasteiger charge is 2.24. The number of phenolic OH excluding ortho intramolecular Hbond substituents is 1. The van der Waals surface area contributed by atoms with Gasteiger partial charge in [-0.1, -0.05) is 18.2 Å². The highest BCUT2D eigenvalue weighted by Crippen LogP contribution is 2.31. The molecule has 13 nitrogen and oxygen atoms in total. The number of benzene rings is 2. The predicted molar refractivity (Wildman–Crippen MR) is 153 cm³/mol. The number of aromatic nitrogens is 1. The van der Waals surface area contributed by atoms with Gasteiger partial charge in [-0.2, -0.15) is 0 Å². The first-order chi connectivity index (χ1) is 19.1. The van der Waals surface area contributed by atoms with E-state index in [0.29, 0.717) is 18.2 Å². The van der Waals surface area contributed by atoms with E-state index < -0.39 is 30.3 Å². The third-order valence-electron chi connectivity index (χ3n) is 6.29. The van der Waals surface area contributed by atoms with E-state index in [1.165, 1.54) is 12.1 Å². The molecule has 1 aromatic heterocycles. The van der Waals surface area contributed by atoms with E-state index in [2.05, 4.69) is 52.5 Å². The maximum Gasteiger partial charge on any atom is 0.322 e. The molecule has 1 aliphatic heterocycles. The van der Waals surface area contributed by atoms with Crippen molar-refractivity contribution in [3.63, 3.8) is 0 Å². The van der Waals surface area contributed by atoms with E-state index in [1.807, 2.05) is 31.2 Å². The number of phenols is 1. The minimum absolute atomic E-state index is 0.118. The van der Waals surface area contributed by atoms with Crippen LogP contribution in [0.25, 0.3) is 10.9 Å². The number of carbonyl (C=O) groups excluding carboxylic acids is 1. The number of fused-ring (bicyclic) bond motifs is 1. The van der Waals surface area contributed by atoms with Crippen LogP contribution in [0.3, 0.4) is 0 Å². The number of aliphatic imine (C=N–C) groups is 1. The predicted octanol–water partition coefficient (Wildman–Crippen LogP) is 0.869.